The predicted molar refractivity (Wildman–Crippen MR) is 84.7 cm³/mol. The average Bonchev–Trinajstić information content (AvgIpc) is 2.84. The number of hydrogen-bond acceptors (Lipinski definition) is 4. The molecule has 2 rings (SSSR count). The van der Waals surface area contributed by atoms with Gasteiger partial charge in [0.2, 0.25) is 0 Å². The zero-order valence-electron chi connectivity index (χ0n) is 14.3. The third-order valence-corrected chi connectivity index (χ3v) is 3.66. The van der Waals surface area contributed by atoms with Gasteiger partial charge in [-0.05, 0) is 39.5 Å². The Bertz CT molecular complexity index is 496. The van der Waals surface area contributed by atoms with E-state index in [2.05, 4.69) is 29.0 Å². The van der Waals surface area contributed by atoms with Crippen LogP contribution in [0, 0.1) is 5.92 Å². The number of ether oxygens (including phenoxy) is 1. The number of aromatic amines is 1. The topological polar surface area (TPSA) is 71.1 Å². The first kappa shape index (κ1) is 16.8. The fraction of sp³-hybridized carbons (Fsp3) is 0.812. The van der Waals surface area contributed by atoms with E-state index in [-0.39, 0.29) is 6.09 Å². The molecular weight excluding hydrogens is 280 g/mol. The highest BCUT2D eigenvalue weighted by Gasteiger charge is 2.29. The quantitative estimate of drug-likeness (QED) is 0.931. The number of piperidine rings is 1. The van der Waals surface area contributed by atoms with Crippen molar-refractivity contribution in [1.82, 2.24) is 20.1 Å². The molecule has 6 nitrogen and oxygen atoms in total. The SMILES string of the molecule is CC(C)Cc1nc(C2CCN(C(=O)OC(C)(C)C)CC2)n[nH]1. The lowest BCUT2D eigenvalue weighted by atomic mass is 9.96. The van der Waals surface area contributed by atoms with Crippen LogP contribution in [-0.2, 0) is 11.2 Å². The Kier molecular flexibility index (Phi) is 5.08. The van der Waals surface area contributed by atoms with Gasteiger partial charge in [0.15, 0.2) is 5.82 Å². The van der Waals surface area contributed by atoms with E-state index in [0.717, 1.165) is 30.9 Å². The summed E-state index contributed by atoms with van der Waals surface area (Å²) in [7, 11) is 0. The van der Waals surface area contributed by atoms with E-state index in [9.17, 15) is 4.79 Å². The fourth-order valence-corrected chi connectivity index (χ4v) is 2.62. The van der Waals surface area contributed by atoms with Gasteiger partial charge in [0.05, 0.1) is 0 Å². The van der Waals surface area contributed by atoms with Gasteiger partial charge in [0.25, 0.3) is 0 Å². The number of nitrogens with zero attached hydrogens (tertiary/aromatic N) is 3. The van der Waals surface area contributed by atoms with E-state index >= 15 is 0 Å². The van der Waals surface area contributed by atoms with Gasteiger partial charge in [0.1, 0.15) is 11.4 Å². The number of likely N-dealkylation sites (tertiary alicyclic amines) is 1. The molecule has 1 N–H and O–H groups in total. The molecule has 6 heteroatoms. The minimum Gasteiger partial charge on any atom is -0.444 e. The molecule has 1 aliphatic rings. The second-order valence-corrected chi connectivity index (χ2v) is 7.48. The largest absolute Gasteiger partial charge is 0.444 e. The molecule has 0 spiro atoms. The second kappa shape index (κ2) is 6.67. The summed E-state index contributed by atoms with van der Waals surface area (Å²) < 4.78 is 5.42. The van der Waals surface area contributed by atoms with Gasteiger partial charge in [-0.15, -0.1) is 0 Å². The van der Waals surface area contributed by atoms with Gasteiger partial charge in [-0.1, -0.05) is 13.8 Å². The van der Waals surface area contributed by atoms with E-state index in [1.807, 2.05) is 20.8 Å². The number of nitrogens with one attached hydrogen (secondary N) is 1. The zero-order valence-corrected chi connectivity index (χ0v) is 14.3. The summed E-state index contributed by atoms with van der Waals surface area (Å²) in [4.78, 5) is 18.4. The molecule has 1 fully saturated rings. The molecule has 0 aromatic carbocycles. The third-order valence-electron chi connectivity index (χ3n) is 3.66. The van der Waals surface area contributed by atoms with Crippen molar-refractivity contribution in [2.24, 2.45) is 5.92 Å². The molecule has 1 amide bonds. The molecule has 1 aromatic heterocycles. The highest BCUT2D eigenvalue weighted by atomic mass is 16.6. The third kappa shape index (κ3) is 4.71. The van der Waals surface area contributed by atoms with Crippen LogP contribution in [0.1, 0.15) is 65.0 Å². The summed E-state index contributed by atoms with van der Waals surface area (Å²) in [6.45, 7) is 11.4. The van der Waals surface area contributed by atoms with E-state index in [1.165, 1.54) is 0 Å². The van der Waals surface area contributed by atoms with Gasteiger partial charge in [-0.2, -0.15) is 5.10 Å². The summed E-state index contributed by atoms with van der Waals surface area (Å²) in [5, 5.41) is 7.38. The van der Waals surface area contributed by atoms with Crippen molar-refractivity contribution < 1.29 is 9.53 Å². The second-order valence-electron chi connectivity index (χ2n) is 7.48. The molecule has 1 aromatic rings. The minimum absolute atomic E-state index is 0.221. The van der Waals surface area contributed by atoms with Crippen molar-refractivity contribution >= 4 is 6.09 Å². The molecular formula is C16H28N4O2. The Labute approximate surface area is 132 Å². The van der Waals surface area contributed by atoms with Crippen LogP contribution in [0.5, 0.6) is 0 Å². The normalized spacial score (nSPS) is 17.1. The van der Waals surface area contributed by atoms with E-state index in [4.69, 9.17) is 4.74 Å². The lowest BCUT2D eigenvalue weighted by molar-refractivity contribution is 0.0203. The standard InChI is InChI=1S/C16H28N4O2/c1-11(2)10-13-17-14(19-18-13)12-6-8-20(9-7-12)15(21)22-16(3,4)5/h11-12H,6-10H2,1-5H3,(H,17,18,19). The molecule has 1 saturated heterocycles. The van der Waals surface area contributed by atoms with Crippen molar-refractivity contribution in [2.75, 3.05) is 13.1 Å². The van der Waals surface area contributed by atoms with Crippen molar-refractivity contribution in [2.45, 2.75) is 65.4 Å². The molecule has 0 atom stereocenters. The van der Waals surface area contributed by atoms with Crippen LogP contribution in [0.2, 0.25) is 0 Å². The zero-order chi connectivity index (χ0) is 16.3. The number of H-pyrrole nitrogens is 1. The first-order chi connectivity index (χ1) is 10.2. The summed E-state index contributed by atoms with van der Waals surface area (Å²) in [5.74, 6) is 2.74. The summed E-state index contributed by atoms with van der Waals surface area (Å²) in [5.41, 5.74) is -0.441. The van der Waals surface area contributed by atoms with Gasteiger partial charge >= 0.3 is 6.09 Å². The summed E-state index contributed by atoms with van der Waals surface area (Å²) in [6.07, 6.45) is 2.47. The predicted octanol–water partition coefficient (Wildman–Crippen LogP) is 3.12. The molecule has 22 heavy (non-hydrogen) atoms. The Balaban J connectivity index is 1.86. The Morgan fingerprint density at radius 3 is 2.55 bits per heavy atom. The Hall–Kier alpha value is -1.59. The molecule has 0 bridgehead atoms. The number of aromatic nitrogens is 3. The Morgan fingerprint density at radius 2 is 2.00 bits per heavy atom. The molecule has 2 heterocycles. The monoisotopic (exact) mass is 308 g/mol. The minimum atomic E-state index is -0.441. The first-order valence-corrected chi connectivity index (χ1v) is 8.13. The maximum atomic E-state index is 12.0. The van der Waals surface area contributed by atoms with Gasteiger partial charge < -0.3 is 9.64 Å². The lowest BCUT2D eigenvalue weighted by Gasteiger charge is -2.32. The fourth-order valence-electron chi connectivity index (χ4n) is 2.62. The van der Waals surface area contributed by atoms with Crippen molar-refractivity contribution in [3.05, 3.63) is 11.6 Å². The molecule has 0 radical (unpaired) electrons. The van der Waals surface area contributed by atoms with Crippen molar-refractivity contribution in [1.29, 1.82) is 0 Å². The summed E-state index contributed by atoms with van der Waals surface area (Å²) >= 11 is 0. The van der Waals surface area contributed by atoms with Crippen LogP contribution in [0.25, 0.3) is 0 Å². The van der Waals surface area contributed by atoms with Crippen LogP contribution in [0.15, 0.2) is 0 Å². The smallest absolute Gasteiger partial charge is 0.410 e. The average molecular weight is 308 g/mol. The number of rotatable bonds is 3. The molecule has 0 aliphatic carbocycles. The van der Waals surface area contributed by atoms with E-state index in [0.29, 0.717) is 24.9 Å². The number of carbonyl (C=O) groups excluding carboxylic acids is 1. The molecule has 124 valence electrons. The van der Waals surface area contributed by atoms with E-state index in [1.54, 1.807) is 4.90 Å². The van der Waals surface area contributed by atoms with Gasteiger partial charge in [-0.3, -0.25) is 5.10 Å². The van der Waals surface area contributed by atoms with Crippen LogP contribution in [0.4, 0.5) is 4.79 Å². The van der Waals surface area contributed by atoms with Crippen LogP contribution in [0.3, 0.4) is 0 Å². The van der Waals surface area contributed by atoms with E-state index < -0.39 is 5.60 Å². The van der Waals surface area contributed by atoms with Crippen molar-refractivity contribution in [3.63, 3.8) is 0 Å². The lowest BCUT2D eigenvalue weighted by Crippen LogP contribution is -2.41. The van der Waals surface area contributed by atoms with Crippen LogP contribution < -0.4 is 0 Å². The number of amides is 1. The first-order valence-electron chi connectivity index (χ1n) is 8.13. The van der Waals surface area contributed by atoms with Gasteiger partial charge in [0, 0.05) is 25.4 Å². The summed E-state index contributed by atoms with van der Waals surface area (Å²) in [6, 6.07) is 0. The van der Waals surface area contributed by atoms with Crippen LogP contribution in [-0.4, -0.2) is 44.9 Å². The van der Waals surface area contributed by atoms with Crippen LogP contribution >= 0.6 is 0 Å². The molecule has 0 saturated carbocycles. The molecule has 0 unspecified atom stereocenters. The van der Waals surface area contributed by atoms with Crippen molar-refractivity contribution in [3.8, 4) is 0 Å². The molecule has 1 aliphatic heterocycles. The Morgan fingerprint density at radius 1 is 1.36 bits per heavy atom. The highest BCUT2D eigenvalue weighted by Crippen LogP contribution is 2.26. The highest BCUT2D eigenvalue weighted by molar-refractivity contribution is 5.68. The maximum absolute atomic E-state index is 12.0. The van der Waals surface area contributed by atoms with Gasteiger partial charge in [-0.25, -0.2) is 9.78 Å². The number of hydrogen-bond donors (Lipinski definition) is 1. The number of carbonyl (C=O) groups is 1. The maximum Gasteiger partial charge on any atom is 0.410 e.